The SMILES string of the molecule is CCn1c(-c2cccnc2C(C)C)c2c3cc(ccc31)-c1cc(O)cc(c1)C[C@H](NC(=O)[C@H](C(C)C)N(C)C(=O)[C@@]1(C)CCNC1)C(=O)N1CCC[C@H](N1)C(=O)OCC(C)(C)C2. The van der Waals surface area contributed by atoms with Crippen molar-refractivity contribution in [2.75, 3.05) is 33.3 Å². The Kier molecular flexibility index (Phi) is 12.9. The van der Waals surface area contributed by atoms with E-state index in [2.05, 4.69) is 79.5 Å². The Balaban J connectivity index is 1.34. The molecule has 0 unspecified atom stereocenters. The van der Waals surface area contributed by atoms with Gasteiger partial charge < -0.3 is 29.9 Å². The Morgan fingerprint density at radius 3 is 2.53 bits per heavy atom. The lowest BCUT2D eigenvalue weighted by Gasteiger charge is -2.38. The van der Waals surface area contributed by atoms with E-state index in [1.54, 1.807) is 19.2 Å². The molecule has 2 saturated heterocycles. The molecule has 5 heterocycles. The number of likely N-dealkylation sites (N-methyl/N-ethyl adjacent to an activating group) is 1. The van der Waals surface area contributed by atoms with Crippen molar-refractivity contribution in [3.05, 3.63) is 71.5 Å². The number of hydrogen-bond donors (Lipinski definition) is 4. The minimum Gasteiger partial charge on any atom is -0.508 e. The van der Waals surface area contributed by atoms with Gasteiger partial charge in [-0.2, -0.15) is 0 Å². The maximum absolute atomic E-state index is 14.7. The molecule has 0 aliphatic carbocycles. The monoisotopic (exact) mass is 847 g/mol. The molecule has 62 heavy (non-hydrogen) atoms. The Hall–Kier alpha value is -5.27. The number of cyclic esters (lactones) is 1. The molecule has 3 amide bonds. The van der Waals surface area contributed by atoms with Gasteiger partial charge >= 0.3 is 5.97 Å². The van der Waals surface area contributed by atoms with E-state index < -0.39 is 46.7 Å². The van der Waals surface area contributed by atoms with Crippen LogP contribution < -0.4 is 16.1 Å². The van der Waals surface area contributed by atoms with E-state index in [1.165, 1.54) is 9.91 Å². The lowest BCUT2D eigenvalue weighted by Crippen LogP contribution is -2.62. The number of fused-ring (bicyclic) bond motifs is 6. The number of benzene rings is 2. The van der Waals surface area contributed by atoms with Crippen molar-refractivity contribution in [1.29, 1.82) is 0 Å². The number of amides is 3. The average Bonchev–Trinajstić information content (AvgIpc) is 3.82. The molecule has 4 aromatic rings. The highest BCUT2D eigenvalue weighted by molar-refractivity contribution is 5.96. The van der Waals surface area contributed by atoms with Gasteiger partial charge in [-0.05, 0) is 117 Å². The molecule has 13 heteroatoms. The third kappa shape index (κ3) is 8.97. The maximum atomic E-state index is 14.7. The molecule has 2 aromatic carbocycles. The number of aromatic hydroxyl groups is 1. The normalized spacial score (nSPS) is 22.4. The van der Waals surface area contributed by atoms with Crippen LogP contribution in [-0.2, 0) is 43.3 Å². The highest BCUT2D eigenvalue weighted by Gasteiger charge is 2.43. The zero-order chi connectivity index (χ0) is 44.7. The zero-order valence-corrected chi connectivity index (χ0v) is 37.9. The fourth-order valence-corrected chi connectivity index (χ4v) is 9.83. The molecule has 3 aliphatic rings. The lowest BCUT2D eigenvalue weighted by molar-refractivity contribution is -0.155. The smallest absolute Gasteiger partial charge is 0.324 e. The second-order valence-corrected chi connectivity index (χ2v) is 19.4. The summed E-state index contributed by atoms with van der Waals surface area (Å²) in [7, 11) is 1.66. The van der Waals surface area contributed by atoms with Gasteiger partial charge in [0.1, 0.15) is 23.9 Å². The van der Waals surface area contributed by atoms with Gasteiger partial charge in [0.2, 0.25) is 11.8 Å². The largest absolute Gasteiger partial charge is 0.508 e. The first-order valence-corrected chi connectivity index (χ1v) is 22.4. The van der Waals surface area contributed by atoms with Gasteiger partial charge in [0.25, 0.3) is 5.91 Å². The van der Waals surface area contributed by atoms with Crippen LogP contribution in [0.1, 0.15) is 97.4 Å². The number of ether oxygens (including phenoxy) is 1. The third-order valence-corrected chi connectivity index (χ3v) is 13.0. The van der Waals surface area contributed by atoms with Gasteiger partial charge in [-0.25, -0.2) is 5.43 Å². The fourth-order valence-electron chi connectivity index (χ4n) is 9.83. The summed E-state index contributed by atoms with van der Waals surface area (Å²) in [6, 6.07) is 13.0. The van der Waals surface area contributed by atoms with Crippen LogP contribution >= 0.6 is 0 Å². The molecule has 7 rings (SSSR count). The maximum Gasteiger partial charge on any atom is 0.324 e. The van der Waals surface area contributed by atoms with Crippen LogP contribution in [0, 0.1) is 16.7 Å². The van der Waals surface area contributed by atoms with Crippen molar-refractivity contribution in [1.82, 2.24) is 35.5 Å². The molecule has 0 radical (unpaired) electrons. The van der Waals surface area contributed by atoms with Crippen molar-refractivity contribution in [2.24, 2.45) is 16.7 Å². The number of hydrazine groups is 1. The summed E-state index contributed by atoms with van der Waals surface area (Å²) in [5.41, 5.74) is 9.61. The molecule has 4 N–H and O–H groups in total. The average molecular weight is 848 g/mol. The number of carbonyl (C=O) groups excluding carboxylic acids is 4. The number of phenols is 1. The number of aryl methyl sites for hydroxylation is 1. The van der Waals surface area contributed by atoms with Crippen LogP contribution in [-0.4, -0.2) is 99.7 Å². The van der Waals surface area contributed by atoms with Crippen LogP contribution in [0.2, 0.25) is 0 Å². The first-order chi connectivity index (χ1) is 29.4. The zero-order valence-electron chi connectivity index (χ0n) is 37.9. The second kappa shape index (κ2) is 17.8. The highest BCUT2D eigenvalue weighted by atomic mass is 16.5. The van der Waals surface area contributed by atoms with E-state index in [0.29, 0.717) is 50.9 Å². The predicted octanol–water partition coefficient (Wildman–Crippen LogP) is 6.35. The highest BCUT2D eigenvalue weighted by Crippen LogP contribution is 2.42. The lowest BCUT2D eigenvalue weighted by atomic mass is 9.83. The summed E-state index contributed by atoms with van der Waals surface area (Å²) in [6.07, 6.45) is 4.16. The summed E-state index contributed by atoms with van der Waals surface area (Å²) in [5, 5.41) is 20.1. The standard InChI is InChI=1S/C49H65N7O6/c1-10-55-40-16-15-32-25-36(40)37(43(55)35-13-11-18-51-41(35)29(2)3)26-48(6,7)28-62-46(60)38-14-12-20-56(53-38)45(59)39(23-31-21-33(32)24-34(57)22-31)52-44(58)42(30(4)5)54(9)47(61)49(8)17-19-50-27-49/h11,13,15-16,18,21-22,24-25,29-30,38-39,42,50,53,57H,10,12,14,17,19-20,23,26-28H2,1-9H3,(H,52,58)/t38-,39-,42-,49-/m0/s1. The number of nitrogens with one attached hydrogen (secondary N) is 3. The molecule has 0 spiro atoms. The third-order valence-electron chi connectivity index (χ3n) is 13.0. The number of esters is 1. The first kappa shape index (κ1) is 44.8. The summed E-state index contributed by atoms with van der Waals surface area (Å²) in [4.78, 5) is 63.2. The van der Waals surface area contributed by atoms with E-state index in [-0.39, 0.29) is 36.5 Å². The van der Waals surface area contributed by atoms with Crippen molar-refractivity contribution >= 4 is 34.6 Å². The molecular formula is C49H65N7O6. The molecule has 2 aromatic heterocycles. The molecule has 6 bridgehead atoms. The second-order valence-electron chi connectivity index (χ2n) is 19.4. The number of hydrogen-bond acceptors (Lipinski definition) is 9. The van der Waals surface area contributed by atoms with Crippen LogP contribution in [0.3, 0.4) is 0 Å². The van der Waals surface area contributed by atoms with Crippen LogP contribution in [0.4, 0.5) is 0 Å². The van der Waals surface area contributed by atoms with Crippen LogP contribution in [0.5, 0.6) is 5.75 Å². The number of carbonyl (C=O) groups is 4. The molecule has 4 atom stereocenters. The van der Waals surface area contributed by atoms with Crippen molar-refractivity contribution in [3.63, 3.8) is 0 Å². The van der Waals surface area contributed by atoms with E-state index in [4.69, 9.17) is 9.72 Å². The van der Waals surface area contributed by atoms with E-state index in [9.17, 15) is 24.3 Å². The van der Waals surface area contributed by atoms with E-state index in [0.717, 1.165) is 51.1 Å². The Morgan fingerprint density at radius 1 is 1.06 bits per heavy atom. The number of aromatic nitrogens is 2. The summed E-state index contributed by atoms with van der Waals surface area (Å²) < 4.78 is 8.46. The minimum atomic E-state index is -1.10. The molecule has 332 valence electrons. The number of pyridine rings is 1. The summed E-state index contributed by atoms with van der Waals surface area (Å²) in [6.45, 7) is 18.8. The van der Waals surface area contributed by atoms with Crippen LogP contribution in [0.25, 0.3) is 33.3 Å². The van der Waals surface area contributed by atoms with Gasteiger partial charge in [0, 0.05) is 61.2 Å². The van der Waals surface area contributed by atoms with E-state index >= 15 is 0 Å². The number of phenolic OH excluding ortho intramolecular Hbond substituents is 1. The Labute approximate surface area is 365 Å². The predicted molar refractivity (Wildman–Crippen MR) is 241 cm³/mol. The molecule has 2 fully saturated rings. The molecule has 3 aliphatic heterocycles. The van der Waals surface area contributed by atoms with E-state index in [1.807, 2.05) is 39.1 Å². The Morgan fingerprint density at radius 2 is 1.84 bits per heavy atom. The quantitative estimate of drug-likeness (QED) is 0.148. The first-order valence-electron chi connectivity index (χ1n) is 22.4. The van der Waals surface area contributed by atoms with Gasteiger partial charge in [-0.1, -0.05) is 53.7 Å². The number of rotatable bonds is 8. The Bertz CT molecular complexity index is 2340. The van der Waals surface area contributed by atoms with Crippen molar-refractivity contribution in [2.45, 2.75) is 118 Å². The van der Waals surface area contributed by atoms with Crippen LogP contribution in [0.15, 0.2) is 54.7 Å². The van der Waals surface area contributed by atoms with Gasteiger partial charge in [-0.15, -0.1) is 0 Å². The molecule has 0 saturated carbocycles. The topological polar surface area (TPSA) is 158 Å². The van der Waals surface area contributed by atoms with Crippen molar-refractivity contribution < 1.29 is 29.0 Å². The van der Waals surface area contributed by atoms with Gasteiger partial charge in [-0.3, -0.25) is 29.2 Å². The molecule has 13 nitrogen and oxygen atoms in total. The fraction of sp³-hybridized carbons (Fsp3) is 0.531. The minimum absolute atomic E-state index is 0.0253. The van der Waals surface area contributed by atoms with Gasteiger partial charge in [0.15, 0.2) is 0 Å². The molecular weight excluding hydrogens is 783 g/mol. The summed E-state index contributed by atoms with van der Waals surface area (Å²) >= 11 is 0. The van der Waals surface area contributed by atoms with Crippen molar-refractivity contribution in [3.8, 4) is 28.1 Å². The number of nitrogens with zero attached hydrogens (tertiary/aromatic N) is 4. The van der Waals surface area contributed by atoms with Gasteiger partial charge in [0.05, 0.1) is 23.4 Å². The summed E-state index contributed by atoms with van der Waals surface area (Å²) in [5.74, 6) is -1.52.